The summed E-state index contributed by atoms with van der Waals surface area (Å²) in [6, 6.07) is 52.8. The Balaban J connectivity index is 1.23. The lowest BCUT2D eigenvalue weighted by Gasteiger charge is -2.12. The summed E-state index contributed by atoms with van der Waals surface area (Å²) in [6.45, 7) is 0. The summed E-state index contributed by atoms with van der Waals surface area (Å²) in [5.41, 5.74) is 10.8. The summed E-state index contributed by atoms with van der Waals surface area (Å²) in [7, 11) is 0. The third-order valence-electron chi connectivity index (χ3n) is 9.43. The third-order valence-corrected chi connectivity index (χ3v) is 10.6. The molecule has 5 heteroatoms. The lowest BCUT2D eigenvalue weighted by Crippen LogP contribution is -1.97. The number of rotatable bonds is 5. The summed E-state index contributed by atoms with van der Waals surface area (Å²) in [5.74, 6) is 0.664. The van der Waals surface area contributed by atoms with Gasteiger partial charge in [0.2, 0.25) is 0 Å². The molecular formula is C45H27N3OS. The number of hydrogen-bond donors (Lipinski definition) is 0. The van der Waals surface area contributed by atoms with Crippen LogP contribution in [0.25, 0.3) is 98.3 Å². The van der Waals surface area contributed by atoms with Gasteiger partial charge in [-0.3, -0.25) is 4.98 Å². The first-order valence-electron chi connectivity index (χ1n) is 16.6. The van der Waals surface area contributed by atoms with Crippen LogP contribution in [0.4, 0.5) is 0 Å². The Kier molecular flexibility index (Phi) is 6.64. The van der Waals surface area contributed by atoms with Crippen LogP contribution in [0.5, 0.6) is 0 Å². The van der Waals surface area contributed by atoms with Crippen molar-refractivity contribution in [3.8, 4) is 56.2 Å². The summed E-state index contributed by atoms with van der Waals surface area (Å²) in [4.78, 5) is 14.6. The Hall–Kier alpha value is -6.43. The minimum Gasteiger partial charge on any atom is -0.455 e. The van der Waals surface area contributed by atoms with Crippen LogP contribution in [0.1, 0.15) is 0 Å². The zero-order valence-electron chi connectivity index (χ0n) is 26.7. The third kappa shape index (κ3) is 4.71. The van der Waals surface area contributed by atoms with Gasteiger partial charge in [-0.05, 0) is 53.6 Å². The highest BCUT2D eigenvalue weighted by molar-refractivity contribution is 7.26. The fourth-order valence-electron chi connectivity index (χ4n) is 7.07. The number of nitrogens with zero attached hydrogens (tertiary/aromatic N) is 3. The molecule has 0 bridgehead atoms. The van der Waals surface area contributed by atoms with Gasteiger partial charge in [-0.1, -0.05) is 109 Å². The molecule has 0 aliphatic carbocycles. The quantitative estimate of drug-likeness (QED) is 0.185. The van der Waals surface area contributed by atoms with E-state index in [4.69, 9.17) is 14.4 Å². The van der Waals surface area contributed by atoms with E-state index >= 15 is 0 Å². The van der Waals surface area contributed by atoms with Gasteiger partial charge in [-0.15, -0.1) is 11.3 Å². The number of para-hydroxylation sites is 1. The van der Waals surface area contributed by atoms with E-state index < -0.39 is 0 Å². The van der Waals surface area contributed by atoms with E-state index in [0.717, 1.165) is 66.7 Å². The van der Waals surface area contributed by atoms with Gasteiger partial charge in [0.15, 0.2) is 5.82 Å². The Morgan fingerprint density at radius 3 is 2.06 bits per heavy atom. The molecule has 0 radical (unpaired) electrons. The van der Waals surface area contributed by atoms with E-state index in [2.05, 4.69) is 114 Å². The predicted molar refractivity (Wildman–Crippen MR) is 207 cm³/mol. The number of benzene rings is 6. The fourth-order valence-corrected chi connectivity index (χ4v) is 8.30. The summed E-state index contributed by atoms with van der Waals surface area (Å²) < 4.78 is 9.31. The molecule has 6 aromatic carbocycles. The average molecular weight is 658 g/mol. The highest BCUT2D eigenvalue weighted by Gasteiger charge is 2.21. The molecule has 4 heterocycles. The Morgan fingerprint density at radius 2 is 1.16 bits per heavy atom. The molecule has 0 aliphatic heterocycles. The molecule has 0 aliphatic rings. The average Bonchev–Trinajstić information content (AvgIpc) is 3.78. The van der Waals surface area contributed by atoms with E-state index in [0.29, 0.717) is 5.82 Å². The number of thiophene rings is 1. The van der Waals surface area contributed by atoms with Gasteiger partial charge in [0.25, 0.3) is 0 Å². The number of pyridine rings is 1. The standard InChI is InChI=1S/C45H27N3OS/c1-2-10-29(11-3-1)38-27-39(48-45(47-38)31-13-8-12-30(26-31)28-22-24-46-25-23-28)36-21-20-33(43-42(36)37-15-4-6-18-40(37)49-43)35-17-9-16-34-32-14-5-7-19-41(32)50-44(34)35/h1-27H. The van der Waals surface area contributed by atoms with Crippen LogP contribution >= 0.6 is 11.3 Å². The van der Waals surface area contributed by atoms with Gasteiger partial charge in [-0.25, -0.2) is 9.97 Å². The maximum atomic E-state index is 6.77. The zero-order chi connectivity index (χ0) is 33.0. The monoisotopic (exact) mass is 657 g/mol. The van der Waals surface area contributed by atoms with Crippen LogP contribution in [-0.4, -0.2) is 15.0 Å². The SMILES string of the molecule is c1ccc(-c2cc(-c3ccc(-c4cccc5c4sc4ccccc45)c4oc5ccccc5c34)nc(-c3cccc(-c4ccncc4)c3)n2)cc1. The lowest BCUT2D eigenvalue weighted by atomic mass is 9.95. The highest BCUT2D eigenvalue weighted by Crippen LogP contribution is 2.46. The summed E-state index contributed by atoms with van der Waals surface area (Å²) in [6.07, 6.45) is 3.63. The maximum Gasteiger partial charge on any atom is 0.160 e. The number of fused-ring (bicyclic) bond motifs is 6. The van der Waals surface area contributed by atoms with E-state index in [1.54, 1.807) is 0 Å². The van der Waals surface area contributed by atoms with Crippen LogP contribution in [0.2, 0.25) is 0 Å². The maximum absolute atomic E-state index is 6.77. The zero-order valence-corrected chi connectivity index (χ0v) is 27.6. The first-order chi connectivity index (χ1) is 24.8. The molecule has 4 nitrogen and oxygen atoms in total. The van der Waals surface area contributed by atoms with Crippen molar-refractivity contribution < 1.29 is 4.42 Å². The second kappa shape index (κ2) is 11.6. The van der Waals surface area contributed by atoms with E-state index in [-0.39, 0.29) is 0 Å². The van der Waals surface area contributed by atoms with Gasteiger partial charge >= 0.3 is 0 Å². The van der Waals surface area contributed by atoms with Gasteiger partial charge in [-0.2, -0.15) is 0 Å². The Morgan fingerprint density at radius 1 is 0.460 bits per heavy atom. The molecule has 0 atom stereocenters. The van der Waals surface area contributed by atoms with Gasteiger partial charge in [0.05, 0.1) is 11.4 Å². The highest BCUT2D eigenvalue weighted by atomic mass is 32.1. The molecule has 234 valence electrons. The molecular weight excluding hydrogens is 631 g/mol. The first kappa shape index (κ1) is 28.6. The fraction of sp³-hybridized carbons (Fsp3) is 0. The summed E-state index contributed by atoms with van der Waals surface area (Å²) >= 11 is 1.83. The van der Waals surface area contributed by atoms with Crippen LogP contribution in [0.15, 0.2) is 168 Å². The van der Waals surface area contributed by atoms with Crippen molar-refractivity contribution in [2.45, 2.75) is 0 Å². The Labute approximate surface area is 292 Å². The van der Waals surface area contributed by atoms with Crippen molar-refractivity contribution in [3.05, 3.63) is 164 Å². The number of hydrogen-bond acceptors (Lipinski definition) is 5. The topological polar surface area (TPSA) is 51.8 Å². The van der Waals surface area contributed by atoms with Crippen molar-refractivity contribution in [1.29, 1.82) is 0 Å². The van der Waals surface area contributed by atoms with Crippen molar-refractivity contribution in [2.75, 3.05) is 0 Å². The molecule has 0 spiro atoms. The van der Waals surface area contributed by atoms with Crippen molar-refractivity contribution in [2.24, 2.45) is 0 Å². The normalized spacial score (nSPS) is 11.6. The predicted octanol–water partition coefficient (Wildman–Crippen LogP) is 12.5. The molecule has 0 unspecified atom stereocenters. The second-order valence-corrected chi connectivity index (χ2v) is 13.4. The first-order valence-corrected chi connectivity index (χ1v) is 17.4. The van der Waals surface area contributed by atoms with Crippen molar-refractivity contribution in [1.82, 2.24) is 15.0 Å². The van der Waals surface area contributed by atoms with E-state index in [1.165, 1.54) is 25.7 Å². The number of aromatic nitrogens is 3. The summed E-state index contributed by atoms with van der Waals surface area (Å²) in [5, 5.41) is 4.65. The van der Waals surface area contributed by atoms with Crippen molar-refractivity contribution in [3.63, 3.8) is 0 Å². The van der Waals surface area contributed by atoms with Crippen LogP contribution in [0, 0.1) is 0 Å². The molecule has 10 rings (SSSR count). The molecule has 0 saturated carbocycles. The van der Waals surface area contributed by atoms with Crippen LogP contribution in [-0.2, 0) is 0 Å². The molecule has 0 amide bonds. The van der Waals surface area contributed by atoms with Crippen molar-refractivity contribution >= 4 is 53.4 Å². The van der Waals surface area contributed by atoms with Crippen LogP contribution < -0.4 is 0 Å². The Bertz CT molecular complexity index is 2870. The molecule has 0 fully saturated rings. The molecule has 50 heavy (non-hydrogen) atoms. The molecule has 4 aromatic heterocycles. The number of furan rings is 1. The van der Waals surface area contributed by atoms with E-state index in [9.17, 15) is 0 Å². The lowest BCUT2D eigenvalue weighted by molar-refractivity contribution is 0.670. The molecule has 10 aromatic rings. The minimum absolute atomic E-state index is 0.664. The van der Waals surface area contributed by atoms with E-state index in [1.807, 2.05) is 66.2 Å². The minimum atomic E-state index is 0.664. The largest absolute Gasteiger partial charge is 0.455 e. The van der Waals surface area contributed by atoms with Crippen LogP contribution in [0.3, 0.4) is 0 Å². The molecule has 0 saturated heterocycles. The van der Waals surface area contributed by atoms with Gasteiger partial charge in [0, 0.05) is 71.2 Å². The second-order valence-electron chi connectivity index (χ2n) is 12.4. The van der Waals surface area contributed by atoms with Gasteiger partial charge < -0.3 is 4.42 Å². The smallest absolute Gasteiger partial charge is 0.160 e. The van der Waals surface area contributed by atoms with Gasteiger partial charge in [0.1, 0.15) is 11.2 Å². The molecule has 0 N–H and O–H groups in total.